The highest BCUT2D eigenvalue weighted by atomic mass is 32.1. The average Bonchev–Trinajstić information content (AvgIpc) is 2.87. The first kappa shape index (κ1) is 12.9. The van der Waals surface area contributed by atoms with E-state index in [1.807, 2.05) is 0 Å². The van der Waals surface area contributed by atoms with Crippen LogP contribution in [0.5, 0.6) is 0 Å². The van der Waals surface area contributed by atoms with Crippen molar-refractivity contribution in [2.75, 3.05) is 11.9 Å². The monoisotopic (exact) mass is 275 g/mol. The fourth-order valence-corrected chi connectivity index (χ4v) is 3.60. The number of rotatable bonds is 4. The van der Waals surface area contributed by atoms with Crippen molar-refractivity contribution in [3.8, 4) is 0 Å². The Kier molecular flexibility index (Phi) is 4.04. The molecular weight excluding hydrogens is 254 g/mol. The standard InChI is InChI=1S/C16H21NOS/c1-2-3-15-11-14(6-8-18-15)17-13-4-5-16-12(10-13)7-9-19-16/h4-5,7,9-10,14-15,17H,2-3,6,8,11H2,1H3. The van der Waals surface area contributed by atoms with E-state index in [2.05, 4.69) is 41.9 Å². The Balaban J connectivity index is 1.66. The Bertz CT molecular complexity index is 534. The molecule has 0 bridgehead atoms. The lowest BCUT2D eigenvalue weighted by Crippen LogP contribution is -2.33. The first-order valence-corrected chi connectivity index (χ1v) is 8.08. The molecule has 0 saturated carbocycles. The van der Waals surface area contributed by atoms with Gasteiger partial charge in [0.1, 0.15) is 0 Å². The van der Waals surface area contributed by atoms with Gasteiger partial charge in [0.15, 0.2) is 0 Å². The number of fused-ring (bicyclic) bond motifs is 1. The van der Waals surface area contributed by atoms with Gasteiger partial charge in [0.25, 0.3) is 0 Å². The smallest absolute Gasteiger partial charge is 0.0594 e. The Labute approximate surface area is 118 Å². The molecule has 1 fully saturated rings. The molecule has 1 aromatic heterocycles. The quantitative estimate of drug-likeness (QED) is 0.876. The highest BCUT2D eigenvalue weighted by Gasteiger charge is 2.21. The van der Waals surface area contributed by atoms with Crippen LogP contribution in [0.1, 0.15) is 32.6 Å². The van der Waals surface area contributed by atoms with Gasteiger partial charge in [-0.05, 0) is 54.3 Å². The lowest BCUT2D eigenvalue weighted by Gasteiger charge is -2.30. The second kappa shape index (κ2) is 5.93. The van der Waals surface area contributed by atoms with Crippen LogP contribution in [0.2, 0.25) is 0 Å². The zero-order valence-electron chi connectivity index (χ0n) is 11.4. The molecule has 1 aliphatic rings. The zero-order valence-corrected chi connectivity index (χ0v) is 12.2. The van der Waals surface area contributed by atoms with Crippen molar-refractivity contribution < 1.29 is 4.74 Å². The minimum Gasteiger partial charge on any atom is -0.382 e. The van der Waals surface area contributed by atoms with E-state index in [0.29, 0.717) is 12.1 Å². The summed E-state index contributed by atoms with van der Waals surface area (Å²) >= 11 is 1.80. The molecule has 19 heavy (non-hydrogen) atoms. The van der Waals surface area contributed by atoms with Gasteiger partial charge in [-0.3, -0.25) is 0 Å². The number of ether oxygens (including phenoxy) is 1. The van der Waals surface area contributed by atoms with E-state index in [-0.39, 0.29) is 0 Å². The van der Waals surface area contributed by atoms with Crippen molar-refractivity contribution in [2.24, 2.45) is 0 Å². The topological polar surface area (TPSA) is 21.3 Å². The predicted molar refractivity (Wildman–Crippen MR) is 83.1 cm³/mol. The van der Waals surface area contributed by atoms with Crippen LogP contribution in [-0.4, -0.2) is 18.8 Å². The Morgan fingerprint density at radius 2 is 2.32 bits per heavy atom. The lowest BCUT2D eigenvalue weighted by molar-refractivity contribution is 0.00598. The van der Waals surface area contributed by atoms with Crippen LogP contribution in [-0.2, 0) is 4.74 Å². The number of hydrogen-bond donors (Lipinski definition) is 1. The summed E-state index contributed by atoms with van der Waals surface area (Å²) in [5, 5.41) is 7.17. The number of thiophene rings is 1. The summed E-state index contributed by atoms with van der Waals surface area (Å²) in [6.07, 6.45) is 5.08. The van der Waals surface area contributed by atoms with Gasteiger partial charge in [0, 0.05) is 23.0 Å². The molecule has 2 aromatic rings. The third kappa shape index (κ3) is 3.10. The number of benzene rings is 1. The normalized spacial score (nSPS) is 23.6. The molecule has 2 atom stereocenters. The summed E-state index contributed by atoms with van der Waals surface area (Å²) in [6.45, 7) is 3.12. The summed E-state index contributed by atoms with van der Waals surface area (Å²) in [4.78, 5) is 0. The highest BCUT2D eigenvalue weighted by molar-refractivity contribution is 7.17. The van der Waals surface area contributed by atoms with E-state index >= 15 is 0 Å². The molecule has 1 aliphatic heterocycles. The largest absolute Gasteiger partial charge is 0.382 e. The minimum atomic E-state index is 0.445. The zero-order chi connectivity index (χ0) is 13.1. The molecular formula is C16H21NOS. The van der Waals surface area contributed by atoms with Crippen LogP contribution in [0.4, 0.5) is 5.69 Å². The third-order valence-corrected chi connectivity index (χ3v) is 4.70. The van der Waals surface area contributed by atoms with Gasteiger partial charge in [0.2, 0.25) is 0 Å². The van der Waals surface area contributed by atoms with Crippen LogP contribution in [0.25, 0.3) is 10.1 Å². The number of anilines is 1. The van der Waals surface area contributed by atoms with Gasteiger partial charge in [-0.1, -0.05) is 13.3 Å². The first-order chi connectivity index (χ1) is 9.35. The van der Waals surface area contributed by atoms with Gasteiger partial charge in [-0.2, -0.15) is 0 Å². The van der Waals surface area contributed by atoms with E-state index in [9.17, 15) is 0 Å². The maximum Gasteiger partial charge on any atom is 0.0594 e. The Hall–Kier alpha value is -1.06. The van der Waals surface area contributed by atoms with Gasteiger partial charge in [-0.25, -0.2) is 0 Å². The SMILES string of the molecule is CCCC1CC(Nc2ccc3sccc3c2)CCO1. The molecule has 1 N–H and O–H groups in total. The average molecular weight is 275 g/mol. The summed E-state index contributed by atoms with van der Waals surface area (Å²) in [5.74, 6) is 0. The van der Waals surface area contributed by atoms with E-state index in [1.165, 1.54) is 28.6 Å². The maximum absolute atomic E-state index is 5.81. The lowest BCUT2D eigenvalue weighted by atomic mass is 10.00. The molecule has 2 heterocycles. The third-order valence-electron chi connectivity index (χ3n) is 3.80. The molecule has 0 spiro atoms. The molecule has 0 amide bonds. The van der Waals surface area contributed by atoms with Crippen LogP contribution in [0.15, 0.2) is 29.6 Å². The van der Waals surface area contributed by atoms with Crippen LogP contribution < -0.4 is 5.32 Å². The fraction of sp³-hybridized carbons (Fsp3) is 0.500. The van der Waals surface area contributed by atoms with E-state index < -0.39 is 0 Å². The van der Waals surface area contributed by atoms with Crippen molar-refractivity contribution >= 4 is 27.1 Å². The van der Waals surface area contributed by atoms with Gasteiger partial charge < -0.3 is 10.1 Å². The molecule has 3 rings (SSSR count). The molecule has 0 radical (unpaired) electrons. The maximum atomic E-state index is 5.81. The summed E-state index contributed by atoms with van der Waals surface area (Å²) in [6, 6.07) is 9.42. The molecule has 0 aliphatic carbocycles. The van der Waals surface area contributed by atoms with Gasteiger partial charge in [0.05, 0.1) is 6.10 Å². The summed E-state index contributed by atoms with van der Waals surface area (Å²) < 4.78 is 7.17. The van der Waals surface area contributed by atoms with Crippen molar-refractivity contribution in [1.29, 1.82) is 0 Å². The van der Waals surface area contributed by atoms with Crippen LogP contribution in [0.3, 0.4) is 0 Å². The molecule has 1 saturated heterocycles. The Morgan fingerprint density at radius 3 is 3.21 bits per heavy atom. The summed E-state index contributed by atoms with van der Waals surface area (Å²) in [7, 11) is 0. The summed E-state index contributed by atoms with van der Waals surface area (Å²) in [5.41, 5.74) is 1.24. The fourth-order valence-electron chi connectivity index (χ4n) is 2.83. The minimum absolute atomic E-state index is 0.445. The second-order valence-corrected chi connectivity index (χ2v) is 6.27. The molecule has 102 valence electrons. The van der Waals surface area contributed by atoms with Gasteiger partial charge >= 0.3 is 0 Å². The van der Waals surface area contributed by atoms with E-state index in [1.54, 1.807) is 11.3 Å². The highest BCUT2D eigenvalue weighted by Crippen LogP contribution is 2.26. The van der Waals surface area contributed by atoms with Crippen LogP contribution in [0, 0.1) is 0 Å². The molecule has 2 nitrogen and oxygen atoms in total. The number of hydrogen-bond acceptors (Lipinski definition) is 3. The van der Waals surface area contributed by atoms with Crippen molar-refractivity contribution in [3.63, 3.8) is 0 Å². The molecule has 1 aromatic carbocycles. The van der Waals surface area contributed by atoms with E-state index in [0.717, 1.165) is 19.4 Å². The van der Waals surface area contributed by atoms with Crippen molar-refractivity contribution in [1.82, 2.24) is 0 Å². The number of nitrogens with one attached hydrogen (secondary N) is 1. The molecule has 2 unspecified atom stereocenters. The second-order valence-electron chi connectivity index (χ2n) is 5.32. The van der Waals surface area contributed by atoms with Crippen LogP contribution >= 0.6 is 11.3 Å². The predicted octanol–water partition coefficient (Wildman–Crippen LogP) is 4.66. The van der Waals surface area contributed by atoms with Crippen molar-refractivity contribution in [2.45, 2.75) is 44.8 Å². The van der Waals surface area contributed by atoms with E-state index in [4.69, 9.17) is 4.74 Å². The van der Waals surface area contributed by atoms with Gasteiger partial charge in [-0.15, -0.1) is 11.3 Å². The Morgan fingerprint density at radius 1 is 1.37 bits per heavy atom. The molecule has 3 heteroatoms. The van der Waals surface area contributed by atoms with Crippen molar-refractivity contribution in [3.05, 3.63) is 29.6 Å². The first-order valence-electron chi connectivity index (χ1n) is 7.20.